The molecule has 0 fully saturated rings. The molecule has 0 unspecified atom stereocenters. The molecule has 0 spiro atoms. The number of benzene rings is 6. The first-order valence-electron chi connectivity index (χ1n) is 16.2. The Labute approximate surface area is 266 Å². The van der Waals surface area contributed by atoms with Crippen LogP contribution >= 0.6 is 0 Å². The van der Waals surface area contributed by atoms with E-state index in [9.17, 15) is 0 Å². The van der Waals surface area contributed by atoms with Gasteiger partial charge in [-0.25, -0.2) is 0 Å². The van der Waals surface area contributed by atoms with Gasteiger partial charge in [0.25, 0.3) is 0 Å². The van der Waals surface area contributed by atoms with Gasteiger partial charge in [0.1, 0.15) is 0 Å². The minimum absolute atomic E-state index is 0.848. The normalized spacial score (nSPS) is 14.5. The van der Waals surface area contributed by atoms with Crippen molar-refractivity contribution in [3.63, 3.8) is 0 Å². The lowest BCUT2D eigenvalue weighted by atomic mass is 10.0. The quantitative estimate of drug-likeness (QED) is 0.192. The average molecular weight is 589 g/mol. The zero-order valence-electron chi connectivity index (χ0n) is 26.3. The van der Waals surface area contributed by atoms with Crippen molar-refractivity contribution in [3.05, 3.63) is 144 Å². The molecule has 8 rings (SSSR count). The van der Waals surface area contributed by atoms with Crippen LogP contribution in [0.4, 0.5) is 22.7 Å². The van der Waals surface area contributed by atoms with Crippen molar-refractivity contribution in [2.75, 3.05) is 46.8 Å². The third-order valence-corrected chi connectivity index (χ3v) is 9.87. The van der Waals surface area contributed by atoms with Gasteiger partial charge < -0.3 is 19.6 Å². The van der Waals surface area contributed by atoms with Crippen molar-refractivity contribution >= 4 is 44.3 Å². The van der Waals surface area contributed by atoms with Crippen molar-refractivity contribution in [1.29, 1.82) is 0 Å². The van der Waals surface area contributed by atoms with E-state index in [1.54, 1.807) is 0 Å². The molecular formula is C41H40N4. The van der Waals surface area contributed by atoms with Gasteiger partial charge in [0.15, 0.2) is 0 Å². The van der Waals surface area contributed by atoms with Crippen molar-refractivity contribution in [3.8, 4) is 0 Å². The topological polar surface area (TPSA) is 13.0 Å². The molecule has 0 aromatic heterocycles. The highest BCUT2D eigenvalue weighted by Gasteiger charge is 2.23. The first-order chi connectivity index (χ1) is 22.1. The van der Waals surface area contributed by atoms with Gasteiger partial charge in [0.2, 0.25) is 0 Å². The fraction of sp³-hybridized carbons (Fsp3) is 0.220. The lowest BCUT2D eigenvalue weighted by Crippen LogP contribution is -2.31. The Morgan fingerprint density at radius 1 is 0.578 bits per heavy atom. The van der Waals surface area contributed by atoms with Gasteiger partial charge in [0, 0.05) is 86.9 Å². The van der Waals surface area contributed by atoms with E-state index in [-0.39, 0.29) is 0 Å². The van der Waals surface area contributed by atoms with Crippen molar-refractivity contribution < 1.29 is 0 Å². The second kappa shape index (κ2) is 11.5. The third kappa shape index (κ3) is 5.04. The van der Waals surface area contributed by atoms with Crippen molar-refractivity contribution in [1.82, 2.24) is 0 Å². The van der Waals surface area contributed by atoms with Crippen LogP contribution in [0.25, 0.3) is 21.5 Å². The molecule has 6 aromatic rings. The van der Waals surface area contributed by atoms with Crippen molar-refractivity contribution in [2.45, 2.75) is 32.6 Å². The van der Waals surface area contributed by atoms with Gasteiger partial charge in [-0.05, 0) is 63.7 Å². The molecule has 0 saturated carbocycles. The van der Waals surface area contributed by atoms with Gasteiger partial charge in [-0.1, -0.05) is 97.1 Å². The summed E-state index contributed by atoms with van der Waals surface area (Å²) in [5.41, 5.74) is 10.9. The Balaban J connectivity index is 1.12. The predicted molar refractivity (Wildman–Crippen MR) is 192 cm³/mol. The van der Waals surface area contributed by atoms with Crippen LogP contribution in [-0.4, -0.2) is 27.2 Å². The molecule has 6 aromatic carbocycles. The summed E-state index contributed by atoms with van der Waals surface area (Å²) in [5, 5.41) is 5.30. The highest BCUT2D eigenvalue weighted by molar-refractivity contribution is 6.05. The Hall–Kier alpha value is -4.96. The largest absolute Gasteiger partial charge is 0.374 e. The molecule has 224 valence electrons. The van der Waals surface area contributed by atoms with Crippen molar-refractivity contribution in [2.24, 2.45) is 0 Å². The highest BCUT2D eigenvalue weighted by Crippen LogP contribution is 2.40. The molecule has 2 aliphatic heterocycles. The molecule has 0 N–H and O–H groups in total. The Morgan fingerprint density at radius 2 is 1.18 bits per heavy atom. The summed E-state index contributed by atoms with van der Waals surface area (Å²) >= 11 is 0. The molecule has 0 amide bonds. The molecule has 4 heteroatoms. The molecule has 2 heterocycles. The van der Waals surface area contributed by atoms with E-state index < -0.39 is 0 Å². The molecule has 0 saturated heterocycles. The van der Waals surface area contributed by atoms with E-state index in [1.165, 1.54) is 66.5 Å². The monoisotopic (exact) mass is 588 g/mol. The standard InChI is InChI=1S/C41H40N4/c1-42-24-11-25-44(38-22-9-18-30-16-7-20-36(42)40(30)38)27-33-13-4-3-12-32(33)26-43(2)37-21-8-17-31-19-10-23-39(41(31)37)45-28-34-14-5-6-15-35(34)29-45/h3-10,12-23H,11,24-29H2,1-2H3. The molecule has 0 bridgehead atoms. The number of rotatable bonds is 6. The van der Waals surface area contributed by atoms with Gasteiger partial charge in [-0.15, -0.1) is 0 Å². The number of nitrogens with zero attached hydrogens (tertiary/aromatic N) is 4. The predicted octanol–water partition coefficient (Wildman–Crippen LogP) is 9.00. The van der Waals surface area contributed by atoms with Gasteiger partial charge in [-0.2, -0.15) is 0 Å². The second-order valence-electron chi connectivity index (χ2n) is 12.8. The smallest absolute Gasteiger partial charge is 0.0473 e. The summed E-state index contributed by atoms with van der Waals surface area (Å²) in [6.07, 6.45) is 1.13. The van der Waals surface area contributed by atoms with E-state index in [2.05, 4.69) is 155 Å². The molecule has 45 heavy (non-hydrogen) atoms. The molecule has 0 radical (unpaired) electrons. The summed E-state index contributed by atoms with van der Waals surface area (Å²) in [6, 6.07) is 44.9. The minimum atomic E-state index is 0.848. The lowest BCUT2D eigenvalue weighted by Gasteiger charge is -2.33. The SMILES string of the molecule is CN1CCCN(Cc2ccccc2CN(C)c2cccc3cccc(N4Cc5ccccc5C4)c23)c2cccc3cccc1c23. The summed E-state index contributed by atoms with van der Waals surface area (Å²) in [4.78, 5) is 10.0. The van der Waals surface area contributed by atoms with Gasteiger partial charge in [0.05, 0.1) is 0 Å². The molecule has 0 aliphatic carbocycles. The zero-order valence-corrected chi connectivity index (χ0v) is 26.3. The number of anilines is 4. The van der Waals surface area contributed by atoms with E-state index in [1.807, 2.05) is 0 Å². The highest BCUT2D eigenvalue weighted by atomic mass is 15.2. The summed E-state index contributed by atoms with van der Waals surface area (Å²) in [6.45, 7) is 5.75. The van der Waals surface area contributed by atoms with Crippen LogP contribution in [0, 0.1) is 0 Å². The average Bonchev–Trinajstić information content (AvgIpc) is 3.51. The van der Waals surface area contributed by atoms with Crippen LogP contribution in [0.5, 0.6) is 0 Å². The Bertz CT molecular complexity index is 1980. The maximum Gasteiger partial charge on any atom is 0.0473 e. The minimum Gasteiger partial charge on any atom is -0.374 e. The van der Waals surface area contributed by atoms with E-state index in [0.717, 1.165) is 45.7 Å². The summed E-state index contributed by atoms with van der Waals surface area (Å²) < 4.78 is 0. The number of fused-ring (bicyclic) bond motifs is 2. The van der Waals surface area contributed by atoms with Gasteiger partial charge in [-0.3, -0.25) is 0 Å². The van der Waals surface area contributed by atoms with Crippen LogP contribution in [-0.2, 0) is 26.2 Å². The van der Waals surface area contributed by atoms with E-state index in [4.69, 9.17) is 0 Å². The Morgan fingerprint density at radius 3 is 1.91 bits per heavy atom. The Kier molecular flexibility index (Phi) is 7.06. The van der Waals surface area contributed by atoms with E-state index in [0.29, 0.717) is 0 Å². The maximum absolute atomic E-state index is 2.61. The van der Waals surface area contributed by atoms with Gasteiger partial charge >= 0.3 is 0 Å². The van der Waals surface area contributed by atoms with Crippen LogP contribution in [0.3, 0.4) is 0 Å². The number of hydrogen-bond donors (Lipinski definition) is 0. The summed E-state index contributed by atoms with van der Waals surface area (Å²) in [7, 11) is 4.48. The van der Waals surface area contributed by atoms with Crippen LogP contribution in [0.1, 0.15) is 28.7 Å². The van der Waals surface area contributed by atoms with Crippen LogP contribution < -0.4 is 19.6 Å². The molecule has 4 nitrogen and oxygen atoms in total. The first-order valence-corrected chi connectivity index (χ1v) is 16.2. The fourth-order valence-corrected chi connectivity index (χ4v) is 7.59. The molecular weight excluding hydrogens is 548 g/mol. The number of hydrogen-bond acceptors (Lipinski definition) is 4. The second-order valence-corrected chi connectivity index (χ2v) is 12.8. The maximum atomic E-state index is 2.61. The molecule has 2 aliphatic rings. The lowest BCUT2D eigenvalue weighted by molar-refractivity contribution is 0.710. The zero-order chi connectivity index (χ0) is 30.3. The van der Waals surface area contributed by atoms with Crippen LogP contribution in [0.15, 0.2) is 121 Å². The first kappa shape index (κ1) is 27.6. The molecule has 0 atom stereocenters. The van der Waals surface area contributed by atoms with E-state index >= 15 is 0 Å². The van der Waals surface area contributed by atoms with Crippen LogP contribution in [0.2, 0.25) is 0 Å². The summed E-state index contributed by atoms with van der Waals surface area (Å²) in [5.74, 6) is 0. The fourth-order valence-electron chi connectivity index (χ4n) is 7.59. The third-order valence-electron chi connectivity index (χ3n) is 9.87.